The number of aromatic nitrogens is 2. The Kier molecular flexibility index (Phi) is 7.53. The number of halogens is 2. The fraction of sp³-hybridized carbons (Fsp3) is 0.364. The van der Waals surface area contributed by atoms with Crippen molar-refractivity contribution in [2.45, 2.75) is 75.8 Å². The zero-order chi connectivity index (χ0) is 28.8. The van der Waals surface area contributed by atoms with Crippen LogP contribution in [0.15, 0.2) is 65.3 Å². The number of nitrogens with zero attached hydrogens (tertiary/aromatic N) is 3. The van der Waals surface area contributed by atoms with Gasteiger partial charge < -0.3 is 14.4 Å². The lowest BCUT2D eigenvalue weighted by atomic mass is 9.97. The summed E-state index contributed by atoms with van der Waals surface area (Å²) in [4.78, 5) is 18.3. The third-order valence-electron chi connectivity index (χ3n) is 8.89. The van der Waals surface area contributed by atoms with Crippen LogP contribution >= 0.6 is 23.2 Å². The van der Waals surface area contributed by atoms with E-state index in [1.54, 1.807) is 6.07 Å². The number of carboxylic acids is 1. The average Bonchev–Trinajstić information content (AvgIpc) is 3.72. The number of rotatable bonds is 9. The van der Waals surface area contributed by atoms with E-state index >= 15 is 0 Å². The molecule has 4 aromatic rings. The molecule has 2 aromatic carbocycles. The van der Waals surface area contributed by atoms with Crippen molar-refractivity contribution in [1.82, 2.24) is 15.0 Å². The van der Waals surface area contributed by atoms with Crippen LogP contribution < -0.4 is 0 Å². The van der Waals surface area contributed by atoms with E-state index < -0.39 is 5.97 Å². The maximum absolute atomic E-state index is 11.3. The van der Waals surface area contributed by atoms with Gasteiger partial charge in [0, 0.05) is 47.4 Å². The van der Waals surface area contributed by atoms with E-state index in [0.717, 1.165) is 78.8 Å². The Balaban J connectivity index is 1.02. The molecule has 0 spiro atoms. The molecule has 0 radical (unpaired) electrons. The van der Waals surface area contributed by atoms with Crippen molar-refractivity contribution in [1.29, 1.82) is 0 Å². The fourth-order valence-corrected chi connectivity index (χ4v) is 7.15. The molecule has 1 N–H and O–H groups in total. The number of piperidine rings is 1. The van der Waals surface area contributed by atoms with Gasteiger partial charge in [0.25, 0.3) is 0 Å². The van der Waals surface area contributed by atoms with Gasteiger partial charge in [-0.05, 0) is 68.4 Å². The Morgan fingerprint density at radius 2 is 1.71 bits per heavy atom. The summed E-state index contributed by atoms with van der Waals surface area (Å²) in [5.41, 5.74) is 5.50. The van der Waals surface area contributed by atoms with E-state index in [2.05, 4.69) is 15.0 Å². The van der Waals surface area contributed by atoms with Gasteiger partial charge in [-0.1, -0.05) is 58.7 Å². The summed E-state index contributed by atoms with van der Waals surface area (Å²) in [5.74, 6) is 0.468. The number of fused-ring (bicyclic) bond motifs is 2. The third kappa shape index (κ3) is 5.47. The minimum Gasteiger partial charge on any atom is -0.478 e. The Bertz CT molecular complexity index is 1580. The van der Waals surface area contributed by atoms with Crippen LogP contribution in [0.25, 0.3) is 22.5 Å². The number of carboxylic acid groups (broad SMARTS) is 1. The van der Waals surface area contributed by atoms with Gasteiger partial charge in [0.2, 0.25) is 0 Å². The Labute approximate surface area is 254 Å². The highest BCUT2D eigenvalue weighted by molar-refractivity contribution is 6.39. The van der Waals surface area contributed by atoms with Crippen molar-refractivity contribution < 1.29 is 19.2 Å². The van der Waals surface area contributed by atoms with Gasteiger partial charge in [0.1, 0.15) is 11.5 Å². The molecule has 3 aliphatic rings. The van der Waals surface area contributed by atoms with Crippen LogP contribution in [0.4, 0.5) is 0 Å². The molecule has 42 heavy (non-hydrogen) atoms. The molecule has 7 nitrogen and oxygen atoms in total. The first-order valence-electron chi connectivity index (χ1n) is 14.5. The van der Waals surface area contributed by atoms with Gasteiger partial charge in [-0.3, -0.25) is 9.88 Å². The lowest BCUT2D eigenvalue weighted by molar-refractivity contribution is -0.0306. The van der Waals surface area contributed by atoms with Crippen LogP contribution in [0.2, 0.25) is 10.0 Å². The van der Waals surface area contributed by atoms with Crippen molar-refractivity contribution in [3.63, 3.8) is 0 Å². The van der Waals surface area contributed by atoms with Crippen LogP contribution in [-0.4, -0.2) is 44.3 Å². The second kappa shape index (κ2) is 11.5. The minimum absolute atomic E-state index is 0.204. The molecule has 3 fully saturated rings. The molecular formula is C33H31Cl2N3O4. The first kappa shape index (κ1) is 27.6. The first-order valence-corrected chi connectivity index (χ1v) is 15.3. The Morgan fingerprint density at radius 1 is 1.00 bits per heavy atom. The quantitative estimate of drug-likeness (QED) is 0.207. The number of aromatic carboxylic acids is 1. The maximum atomic E-state index is 11.3. The smallest absolute Gasteiger partial charge is 0.335 e. The summed E-state index contributed by atoms with van der Waals surface area (Å²) in [5, 5.41) is 14.9. The van der Waals surface area contributed by atoms with Gasteiger partial charge in [-0.2, -0.15) is 0 Å². The predicted octanol–water partition coefficient (Wildman–Crippen LogP) is 8.00. The predicted molar refractivity (Wildman–Crippen MR) is 161 cm³/mol. The Hall–Kier alpha value is -3.23. The summed E-state index contributed by atoms with van der Waals surface area (Å²) in [6.45, 7) is 1.33. The Morgan fingerprint density at radius 3 is 2.38 bits per heavy atom. The molecule has 2 aliphatic heterocycles. The van der Waals surface area contributed by atoms with Crippen molar-refractivity contribution in [2.24, 2.45) is 0 Å². The second-order valence-corrected chi connectivity index (χ2v) is 12.5. The molecule has 0 amide bonds. The molecule has 9 heteroatoms. The van der Waals surface area contributed by atoms with Gasteiger partial charge in [-0.15, -0.1) is 0 Å². The van der Waals surface area contributed by atoms with E-state index in [0.29, 0.717) is 40.3 Å². The van der Waals surface area contributed by atoms with Gasteiger partial charge in [0.05, 0.1) is 34.0 Å². The molecule has 1 saturated carbocycles. The topological polar surface area (TPSA) is 88.7 Å². The highest BCUT2D eigenvalue weighted by Crippen LogP contribution is 2.48. The van der Waals surface area contributed by atoms with E-state index in [1.165, 1.54) is 12.3 Å². The van der Waals surface area contributed by atoms with E-state index in [1.807, 2.05) is 42.5 Å². The van der Waals surface area contributed by atoms with Crippen molar-refractivity contribution in [3.05, 3.63) is 93.3 Å². The van der Waals surface area contributed by atoms with Crippen molar-refractivity contribution in [2.75, 3.05) is 0 Å². The second-order valence-electron chi connectivity index (χ2n) is 11.6. The SMILES string of the molecule is O=C(O)c1ccnc(-c2ccc(COC3CC4CCC(C3)N4Cc3c(-c4c(Cl)cccc4Cl)noc3C3CC3)cc2)c1. The number of hydrogen-bond acceptors (Lipinski definition) is 6. The number of hydrogen-bond donors (Lipinski definition) is 1. The number of carbonyl (C=O) groups is 1. The van der Waals surface area contributed by atoms with E-state index in [4.69, 9.17) is 32.5 Å². The fourth-order valence-electron chi connectivity index (χ4n) is 6.57. The maximum Gasteiger partial charge on any atom is 0.335 e. The van der Waals surface area contributed by atoms with Crippen LogP contribution in [0.1, 0.15) is 71.7 Å². The van der Waals surface area contributed by atoms with Gasteiger partial charge >= 0.3 is 5.97 Å². The third-order valence-corrected chi connectivity index (χ3v) is 9.52. The number of benzene rings is 2. The largest absolute Gasteiger partial charge is 0.478 e. The standard InChI is InChI=1S/C33H31Cl2N3O4/c34-27-2-1-3-28(35)30(27)31-26(32(42-37-31)21-8-9-21)17-38-23-10-11-24(38)16-25(15-23)41-18-19-4-6-20(7-5-19)29-14-22(33(39)40)12-13-36-29/h1-7,12-14,21,23-25H,8-11,15-18H2,(H,39,40). The zero-order valence-electron chi connectivity index (χ0n) is 23.0. The average molecular weight is 605 g/mol. The van der Waals surface area contributed by atoms with Crippen LogP contribution in [-0.2, 0) is 17.9 Å². The lowest BCUT2D eigenvalue weighted by Gasteiger charge is -2.39. The van der Waals surface area contributed by atoms with Gasteiger partial charge in [-0.25, -0.2) is 4.79 Å². The highest BCUT2D eigenvalue weighted by atomic mass is 35.5. The van der Waals surface area contributed by atoms with Crippen LogP contribution in [0.5, 0.6) is 0 Å². The molecule has 2 unspecified atom stereocenters. The van der Waals surface area contributed by atoms with Crippen LogP contribution in [0, 0.1) is 0 Å². The monoisotopic (exact) mass is 603 g/mol. The highest BCUT2D eigenvalue weighted by Gasteiger charge is 2.43. The van der Waals surface area contributed by atoms with Gasteiger partial charge in [0.15, 0.2) is 0 Å². The van der Waals surface area contributed by atoms with E-state index in [-0.39, 0.29) is 11.7 Å². The molecule has 2 aromatic heterocycles. The first-order chi connectivity index (χ1) is 20.4. The molecular weight excluding hydrogens is 573 g/mol. The summed E-state index contributed by atoms with van der Waals surface area (Å²) < 4.78 is 12.4. The van der Waals surface area contributed by atoms with Crippen molar-refractivity contribution in [3.8, 4) is 22.5 Å². The van der Waals surface area contributed by atoms with Crippen molar-refractivity contribution >= 4 is 29.2 Å². The summed E-state index contributed by atoms with van der Waals surface area (Å²) in [7, 11) is 0. The normalized spacial score (nSPS) is 22.0. The summed E-state index contributed by atoms with van der Waals surface area (Å²) >= 11 is 13.2. The minimum atomic E-state index is -0.959. The van der Waals surface area contributed by atoms with Crippen LogP contribution in [0.3, 0.4) is 0 Å². The number of pyridine rings is 1. The molecule has 2 bridgehead atoms. The lowest BCUT2D eigenvalue weighted by Crippen LogP contribution is -2.45. The molecule has 2 atom stereocenters. The molecule has 4 heterocycles. The molecule has 2 saturated heterocycles. The summed E-state index contributed by atoms with van der Waals surface area (Å²) in [6.07, 6.45) is 8.30. The number of ether oxygens (including phenoxy) is 1. The summed E-state index contributed by atoms with van der Waals surface area (Å²) in [6, 6.07) is 17.5. The zero-order valence-corrected chi connectivity index (χ0v) is 24.5. The molecule has 216 valence electrons. The van der Waals surface area contributed by atoms with E-state index in [9.17, 15) is 9.90 Å². The molecule has 1 aliphatic carbocycles. The molecule has 7 rings (SSSR count).